The summed E-state index contributed by atoms with van der Waals surface area (Å²) in [7, 11) is 0. The summed E-state index contributed by atoms with van der Waals surface area (Å²) in [5, 5.41) is 32.6. The molecule has 0 unspecified atom stereocenters. The third kappa shape index (κ3) is 5.43. The van der Waals surface area contributed by atoms with Gasteiger partial charge in [-0.2, -0.15) is 0 Å². The third-order valence-electron chi connectivity index (χ3n) is 6.28. The maximum atomic E-state index is 10.7. The predicted molar refractivity (Wildman–Crippen MR) is 137 cm³/mol. The SMILES string of the molecule is Cc1nc2cc(OC[C@H](O)CN3CCN(Cc4cc(O)n(-c5ccccc5)c4O)CC3)ccc2s1. The normalized spacial score (nSPS) is 16.1. The van der Waals surface area contributed by atoms with Crippen LogP contribution < -0.4 is 4.74 Å². The Morgan fingerprint density at radius 2 is 1.74 bits per heavy atom. The molecule has 1 atom stereocenters. The third-order valence-corrected chi connectivity index (χ3v) is 7.23. The number of piperazine rings is 1. The molecule has 35 heavy (non-hydrogen) atoms. The largest absolute Gasteiger partial charge is 0.494 e. The number of rotatable bonds is 8. The lowest BCUT2D eigenvalue weighted by Crippen LogP contribution is -2.48. The number of aliphatic hydroxyl groups is 1. The molecule has 1 aliphatic rings. The highest BCUT2D eigenvalue weighted by Crippen LogP contribution is 2.32. The van der Waals surface area contributed by atoms with Crippen molar-refractivity contribution in [2.45, 2.75) is 19.6 Å². The summed E-state index contributed by atoms with van der Waals surface area (Å²) in [6.07, 6.45) is -0.588. The highest BCUT2D eigenvalue weighted by atomic mass is 32.1. The molecule has 3 N–H and O–H groups in total. The maximum absolute atomic E-state index is 10.7. The topological polar surface area (TPSA) is 94.2 Å². The zero-order valence-corrected chi connectivity index (χ0v) is 20.5. The monoisotopic (exact) mass is 494 g/mol. The van der Waals surface area contributed by atoms with Gasteiger partial charge >= 0.3 is 0 Å². The first-order chi connectivity index (χ1) is 17.0. The molecule has 4 aromatic rings. The van der Waals surface area contributed by atoms with Crippen LogP contribution in [-0.2, 0) is 6.54 Å². The van der Waals surface area contributed by atoms with Crippen LogP contribution in [0.1, 0.15) is 10.6 Å². The first-order valence-corrected chi connectivity index (χ1v) is 12.6. The standard InChI is InChI=1S/C26H30N4O4S/c1-18-27-23-14-22(7-8-24(23)35-18)34-17-21(31)16-29-11-9-28(10-12-29)15-19-13-25(32)30(26(19)33)20-5-3-2-4-6-20/h2-8,13-14,21,31-33H,9-12,15-17H2,1H3/t21-/m1/s1. The van der Waals surface area contributed by atoms with Gasteiger partial charge in [0.1, 0.15) is 18.5 Å². The number of ether oxygens (including phenoxy) is 1. The van der Waals surface area contributed by atoms with Crippen LogP contribution in [0.4, 0.5) is 0 Å². The molecular formula is C26H30N4O4S. The maximum Gasteiger partial charge on any atom is 0.203 e. The van der Waals surface area contributed by atoms with E-state index in [0.717, 1.165) is 52.8 Å². The number of fused-ring (bicyclic) bond motifs is 1. The minimum absolute atomic E-state index is 0.0227. The van der Waals surface area contributed by atoms with Gasteiger partial charge in [0.2, 0.25) is 5.88 Å². The van der Waals surface area contributed by atoms with Crippen LogP contribution in [0.3, 0.4) is 0 Å². The molecule has 0 aliphatic carbocycles. The molecule has 3 heterocycles. The Balaban J connectivity index is 1.10. The average Bonchev–Trinajstić information content (AvgIpc) is 3.36. The summed E-state index contributed by atoms with van der Waals surface area (Å²) in [4.78, 5) is 8.96. The molecule has 0 radical (unpaired) electrons. The summed E-state index contributed by atoms with van der Waals surface area (Å²) in [5.41, 5.74) is 2.34. The van der Waals surface area contributed by atoms with Gasteiger partial charge < -0.3 is 20.1 Å². The number of hydrogen-bond donors (Lipinski definition) is 3. The molecule has 2 aromatic heterocycles. The molecule has 1 aliphatic heterocycles. The van der Waals surface area contributed by atoms with Crippen LogP contribution in [0, 0.1) is 6.92 Å². The predicted octanol–water partition coefficient (Wildman–Crippen LogP) is 3.36. The van der Waals surface area contributed by atoms with Crippen molar-refractivity contribution in [2.24, 2.45) is 0 Å². The zero-order valence-electron chi connectivity index (χ0n) is 19.7. The van der Waals surface area contributed by atoms with Gasteiger partial charge in [-0.15, -0.1) is 11.3 Å². The van der Waals surface area contributed by atoms with Crippen molar-refractivity contribution < 1.29 is 20.1 Å². The molecular weight excluding hydrogens is 464 g/mol. The van der Waals surface area contributed by atoms with Crippen molar-refractivity contribution in [3.8, 4) is 23.2 Å². The number of hydrogen-bond acceptors (Lipinski definition) is 8. The second kappa shape index (κ2) is 10.2. The Morgan fingerprint density at radius 3 is 2.51 bits per heavy atom. The number of para-hydroxylation sites is 1. The van der Waals surface area contributed by atoms with Crippen LogP contribution >= 0.6 is 11.3 Å². The van der Waals surface area contributed by atoms with Crippen LogP contribution in [0.5, 0.6) is 17.5 Å². The van der Waals surface area contributed by atoms with Gasteiger partial charge in [-0.25, -0.2) is 4.98 Å². The molecule has 1 saturated heterocycles. The van der Waals surface area contributed by atoms with Crippen molar-refractivity contribution in [1.29, 1.82) is 0 Å². The molecule has 184 valence electrons. The van der Waals surface area contributed by atoms with Crippen LogP contribution in [0.25, 0.3) is 15.9 Å². The van der Waals surface area contributed by atoms with E-state index in [2.05, 4.69) is 14.8 Å². The van der Waals surface area contributed by atoms with E-state index in [0.29, 0.717) is 18.7 Å². The first-order valence-electron chi connectivity index (χ1n) is 11.8. The Bertz CT molecular complexity index is 1280. The number of aryl methyl sites for hydroxylation is 1. The molecule has 8 nitrogen and oxygen atoms in total. The average molecular weight is 495 g/mol. The zero-order chi connectivity index (χ0) is 24.4. The van der Waals surface area contributed by atoms with Gasteiger partial charge in [0.05, 0.1) is 20.9 Å². The van der Waals surface area contributed by atoms with E-state index in [1.165, 1.54) is 4.57 Å². The molecule has 1 fully saturated rings. The summed E-state index contributed by atoms with van der Waals surface area (Å²) >= 11 is 1.66. The highest BCUT2D eigenvalue weighted by Gasteiger charge is 2.23. The van der Waals surface area contributed by atoms with Crippen LogP contribution in [-0.4, -0.2) is 80.1 Å². The highest BCUT2D eigenvalue weighted by molar-refractivity contribution is 7.18. The van der Waals surface area contributed by atoms with Crippen LogP contribution in [0.2, 0.25) is 0 Å². The smallest absolute Gasteiger partial charge is 0.203 e. The number of aliphatic hydroxyl groups excluding tert-OH is 1. The quantitative estimate of drug-likeness (QED) is 0.346. The lowest BCUT2D eigenvalue weighted by molar-refractivity contribution is 0.0445. The van der Waals surface area contributed by atoms with Crippen molar-refractivity contribution >= 4 is 21.6 Å². The van der Waals surface area contributed by atoms with Gasteiger partial charge in [-0.05, 0) is 31.2 Å². The Morgan fingerprint density at radius 1 is 1.00 bits per heavy atom. The Kier molecular flexibility index (Phi) is 6.92. The van der Waals surface area contributed by atoms with Crippen LogP contribution in [0.15, 0.2) is 54.6 Å². The van der Waals surface area contributed by atoms with Gasteiger partial charge in [-0.3, -0.25) is 14.4 Å². The lowest BCUT2D eigenvalue weighted by atomic mass is 10.2. The second-order valence-electron chi connectivity index (χ2n) is 8.93. The minimum Gasteiger partial charge on any atom is -0.494 e. The summed E-state index contributed by atoms with van der Waals surface area (Å²) in [5.74, 6) is 0.807. The number of thiazole rings is 1. The molecule has 2 aromatic carbocycles. The van der Waals surface area contributed by atoms with E-state index >= 15 is 0 Å². The van der Waals surface area contributed by atoms with Crippen molar-refractivity contribution in [1.82, 2.24) is 19.4 Å². The van der Waals surface area contributed by atoms with Gasteiger partial charge in [0.15, 0.2) is 5.88 Å². The van der Waals surface area contributed by atoms with E-state index in [1.54, 1.807) is 17.4 Å². The van der Waals surface area contributed by atoms with Gasteiger partial charge in [0.25, 0.3) is 0 Å². The fourth-order valence-electron chi connectivity index (χ4n) is 4.51. The number of β-amino-alcohol motifs (C(OH)–C–C–N with tert-alkyl or cyclic N) is 1. The fourth-order valence-corrected chi connectivity index (χ4v) is 5.32. The molecule has 0 bridgehead atoms. The van der Waals surface area contributed by atoms with E-state index in [9.17, 15) is 15.3 Å². The number of aromatic nitrogens is 2. The number of nitrogens with zero attached hydrogens (tertiary/aromatic N) is 4. The second-order valence-corrected chi connectivity index (χ2v) is 10.2. The van der Waals surface area contributed by atoms with E-state index in [1.807, 2.05) is 55.5 Å². The molecule has 0 amide bonds. The van der Waals surface area contributed by atoms with E-state index in [-0.39, 0.29) is 18.4 Å². The minimum atomic E-state index is -0.588. The summed E-state index contributed by atoms with van der Waals surface area (Å²) in [6.45, 7) is 6.56. The van der Waals surface area contributed by atoms with Crippen molar-refractivity contribution in [3.63, 3.8) is 0 Å². The fraction of sp³-hybridized carbons (Fsp3) is 0.346. The van der Waals surface area contributed by atoms with Crippen molar-refractivity contribution in [3.05, 3.63) is 65.2 Å². The van der Waals surface area contributed by atoms with E-state index in [4.69, 9.17) is 4.74 Å². The lowest BCUT2D eigenvalue weighted by Gasteiger charge is -2.35. The molecule has 0 saturated carbocycles. The molecule has 9 heteroatoms. The number of benzene rings is 2. The Labute approximate surface area is 208 Å². The summed E-state index contributed by atoms with van der Waals surface area (Å²) < 4.78 is 8.40. The number of aromatic hydroxyl groups is 2. The van der Waals surface area contributed by atoms with Crippen molar-refractivity contribution in [2.75, 3.05) is 39.3 Å². The summed E-state index contributed by atoms with van der Waals surface area (Å²) in [6, 6.07) is 16.8. The molecule has 5 rings (SSSR count). The first kappa shape index (κ1) is 23.6. The molecule has 0 spiro atoms. The van der Waals surface area contributed by atoms with Gasteiger partial charge in [0, 0.05) is 57.0 Å². The van der Waals surface area contributed by atoms with Gasteiger partial charge in [-0.1, -0.05) is 18.2 Å². The van der Waals surface area contributed by atoms with E-state index < -0.39 is 6.10 Å². The Hall–Kier alpha value is -3.11.